The lowest BCUT2D eigenvalue weighted by molar-refractivity contribution is 0.0630. The Morgan fingerprint density at radius 2 is 2.05 bits per heavy atom. The van der Waals surface area contributed by atoms with Crippen molar-refractivity contribution in [2.45, 2.75) is 20.4 Å². The molecule has 1 aliphatic rings. The van der Waals surface area contributed by atoms with Gasteiger partial charge >= 0.3 is 0 Å². The van der Waals surface area contributed by atoms with Gasteiger partial charge in [-0.2, -0.15) is 0 Å². The average molecular weight is 317 g/mol. The van der Waals surface area contributed by atoms with Gasteiger partial charge in [-0.1, -0.05) is 10.6 Å². The van der Waals surface area contributed by atoms with Crippen molar-refractivity contribution < 1.29 is 4.79 Å². The van der Waals surface area contributed by atoms with Crippen molar-refractivity contribution in [2.75, 3.05) is 26.2 Å². The first-order valence-electron chi connectivity index (χ1n) is 7.36. The van der Waals surface area contributed by atoms with Gasteiger partial charge in [-0.25, -0.2) is 0 Å². The van der Waals surface area contributed by atoms with Crippen LogP contribution in [0.3, 0.4) is 0 Å². The van der Waals surface area contributed by atoms with Gasteiger partial charge in [0, 0.05) is 38.9 Å². The largest absolute Gasteiger partial charge is 0.335 e. The topological polar surface area (TPSA) is 62.2 Å². The van der Waals surface area contributed by atoms with Crippen LogP contribution in [0.15, 0.2) is 18.3 Å². The molecule has 0 atom stereocenters. The smallest absolute Gasteiger partial charge is 0.267 e. The first kappa shape index (κ1) is 15.1. The summed E-state index contributed by atoms with van der Waals surface area (Å²) in [5.74, 6) is 0.0566. The fourth-order valence-electron chi connectivity index (χ4n) is 2.58. The second-order valence-corrected chi connectivity index (χ2v) is 6.28. The Bertz CT molecular complexity index is 663. The maximum absolute atomic E-state index is 12.4. The van der Waals surface area contributed by atoms with Gasteiger partial charge in [-0.15, -0.1) is 5.10 Å². The average Bonchev–Trinajstić information content (AvgIpc) is 2.96. The van der Waals surface area contributed by atoms with Crippen LogP contribution in [0.1, 0.15) is 26.6 Å². The van der Waals surface area contributed by atoms with Crippen LogP contribution in [0.4, 0.5) is 0 Å². The van der Waals surface area contributed by atoms with Gasteiger partial charge < -0.3 is 4.90 Å². The van der Waals surface area contributed by atoms with Crippen molar-refractivity contribution in [2.24, 2.45) is 0 Å². The van der Waals surface area contributed by atoms with Crippen LogP contribution in [0.25, 0.3) is 0 Å². The van der Waals surface area contributed by atoms with Gasteiger partial charge in [-0.3, -0.25) is 14.7 Å². The van der Waals surface area contributed by atoms with E-state index in [1.165, 1.54) is 17.1 Å². The normalized spacial score (nSPS) is 16.0. The maximum atomic E-state index is 12.4. The zero-order chi connectivity index (χ0) is 15.5. The van der Waals surface area contributed by atoms with Crippen LogP contribution in [-0.4, -0.2) is 56.5 Å². The molecule has 1 fully saturated rings. The third-order valence-electron chi connectivity index (χ3n) is 4.00. The molecule has 0 N–H and O–H groups in total. The number of aryl methyl sites for hydroxylation is 2. The van der Waals surface area contributed by atoms with E-state index in [-0.39, 0.29) is 5.91 Å². The SMILES string of the molecule is Cc1cccnc1CN1CCN(C(=O)c2snnc2C)CC1. The van der Waals surface area contributed by atoms with Crippen LogP contribution in [0, 0.1) is 13.8 Å². The van der Waals surface area contributed by atoms with E-state index >= 15 is 0 Å². The summed E-state index contributed by atoms with van der Waals surface area (Å²) in [6.07, 6.45) is 1.83. The number of carbonyl (C=O) groups is 1. The van der Waals surface area contributed by atoms with E-state index in [0.29, 0.717) is 4.88 Å². The summed E-state index contributed by atoms with van der Waals surface area (Å²) in [6, 6.07) is 4.04. The molecule has 3 rings (SSSR count). The minimum absolute atomic E-state index is 0.0566. The molecule has 116 valence electrons. The van der Waals surface area contributed by atoms with E-state index in [0.717, 1.165) is 44.1 Å². The molecule has 0 bridgehead atoms. The summed E-state index contributed by atoms with van der Waals surface area (Å²) < 4.78 is 3.84. The lowest BCUT2D eigenvalue weighted by Gasteiger charge is -2.34. The highest BCUT2D eigenvalue weighted by molar-refractivity contribution is 7.07. The molecule has 0 spiro atoms. The van der Waals surface area contributed by atoms with Crippen molar-refractivity contribution in [3.8, 4) is 0 Å². The zero-order valence-electron chi connectivity index (χ0n) is 12.8. The molecule has 6 nitrogen and oxygen atoms in total. The second kappa shape index (κ2) is 6.50. The predicted octanol–water partition coefficient (Wildman–Crippen LogP) is 1.51. The molecule has 3 heterocycles. The number of aromatic nitrogens is 3. The van der Waals surface area contributed by atoms with Gasteiger partial charge in [0.2, 0.25) is 0 Å². The Kier molecular flexibility index (Phi) is 4.44. The lowest BCUT2D eigenvalue weighted by Crippen LogP contribution is -2.48. The molecule has 1 amide bonds. The van der Waals surface area contributed by atoms with Gasteiger partial charge in [0.25, 0.3) is 5.91 Å². The Hall–Kier alpha value is -1.86. The van der Waals surface area contributed by atoms with Gasteiger partial charge in [-0.05, 0) is 37.0 Å². The number of nitrogens with zero attached hydrogens (tertiary/aromatic N) is 5. The maximum Gasteiger partial charge on any atom is 0.267 e. The number of rotatable bonds is 3. The van der Waals surface area contributed by atoms with Crippen LogP contribution >= 0.6 is 11.5 Å². The number of carbonyl (C=O) groups excluding carboxylic acids is 1. The molecule has 0 radical (unpaired) electrons. The molecule has 7 heteroatoms. The van der Waals surface area contributed by atoms with Crippen molar-refractivity contribution >= 4 is 17.4 Å². The van der Waals surface area contributed by atoms with Gasteiger partial charge in [0.15, 0.2) is 0 Å². The van der Waals surface area contributed by atoms with E-state index in [9.17, 15) is 4.79 Å². The van der Waals surface area contributed by atoms with Crippen molar-refractivity contribution in [3.63, 3.8) is 0 Å². The first-order valence-corrected chi connectivity index (χ1v) is 8.13. The summed E-state index contributed by atoms with van der Waals surface area (Å²) in [5, 5.41) is 3.92. The number of hydrogen-bond acceptors (Lipinski definition) is 6. The van der Waals surface area contributed by atoms with Crippen LogP contribution in [0.5, 0.6) is 0 Å². The van der Waals surface area contributed by atoms with Crippen molar-refractivity contribution in [3.05, 3.63) is 40.2 Å². The molecular formula is C15H19N5OS. The minimum Gasteiger partial charge on any atom is -0.335 e. The number of hydrogen-bond donors (Lipinski definition) is 0. The van der Waals surface area contributed by atoms with Crippen molar-refractivity contribution in [1.29, 1.82) is 0 Å². The van der Waals surface area contributed by atoms with Crippen LogP contribution in [-0.2, 0) is 6.54 Å². The summed E-state index contributed by atoms with van der Waals surface area (Å²) in [4.78, 5) is 21.8. The zero-order valence-corrected chi connectivity index (χ0v) is 13.6. The molecule has 2 aromatic rings. The summed E-state index contributed by atoms with van der Waals surface area (Å²) in [5.41, 5.74) is 3.05. The van der Waals surface area contributed by atoms with E-state index in [1.54, 1.807) is 0 Å². The predicted molar refractivity (Wildman–Crippen MR) is 84.8 cm³/mol. The molecule has 0 unspecified atom stereocenters. The summed E-state index contributed by atoms with van der Waals surface area (Å²) in [6.45, 7) is 7.97. The summed E-state index contributed by atoms with van der Waals surface area (Å²) in [7, 11) is 0. The van der Waals surface area contributed by atoms with Crippen LogP contribution in [0.2, 0.25) is 0 Å². The van der Waals surface area contributed by atoms with E-state index in [1.807, 2.05) is 24.1 Å². The first-order chi connectivity index (χ1) is 10.6. The highest BCUT2D eigenvalue weighted by Gasteiger charge is 2.25. The molecule has 0 aromatic carbocycles. The molecule has 1 saturated heterocycles. The highest BCUT2D eigenvalue weighted by atomic mass is 32.1. The lowest BCUT2D eigenvalue weighted by atomic mass is 10.2. The monoisotopic (exact) mass is 317 g/mol. The Balaban J connectivity index is 1.58. The minimum atomic E-state index is 0.0566. The number of amides is 1. The quantitative estimate of drug-likeness (QED) is 0.858. The fraction of sp³-hybridized carbons (Fsp3) is 0.467. The van der Waals surface area contributed by atoms with E-state index in [4.69, 9.17) is 0 Å². The van der Waals surface area contributed by atoms with Gasteiger partial charge in [0.05, 0.1) is 11.4 Å². The Labute approximate surface area is 133 Å². The molecule has 2 aromatic heterocycles. The van der Waals surface area contributed by atoms with Gasteiger partial charge in [0.1, 0.15) is 4.88 Å². The fourth-order valence-corrected chi connectivity index (χ4v) is 3.20. The van der Waals surface area contributed by atoms with E-state index < -0.39 is 0 Å². The number of piperazine rings is 1. The standard InChI is InChI=1S/C15H19N5OS/c1-11-4-3-5-16-13(11)10-19-6-8-20(9-7-19)15(21)14-12(2)17-18-22-14/h3-5H,6-10H2,1-2H3. The third kappa shape index (κ3) is 3.15. The Morgan fingerprint density at radius 1 is 1.27 bits per heavy atom. The van der Waals surface area contributed by atoms with E-state index in [2.05, 4.69) is 32.5 Å². The molecule has 1 aliphatic heterocycles. The molecule has 0 saturated carbocycles. The highest BCUT2D eigenvalue weighted by Crippen LogP contribution is 2.15. The molecular weight excluding hydrogens is 298 g/mol. The second-order valence-electron chi connectivity index (χ2n) is 5.52. The Morgan fingerprint density at radius 3 is 2.68 bits per heavy atom. The molecule has 0 aliphatic carbocycles. The van der Waals surface area contributed by atoms with Crippen molar-refractivity contribution in [1.82, 2.24) is 24.4 Å². The van der Waals surface area contributed by atoms with Crippen LogP contribution < -0.4 is 0 Å². The summed E-state index contributed by atoms with van der Waals surface area (Å²) >= 11 is 1.18. The molecule has 22 heavy (non-hydrogen) atoms. The number of pyridine rings is 1. The third-order valence-corrected chi connectivity index (χ3v) is 4.81.